The van der Waals surface area contributed by atoms with Crippen LogP contribution in [-0.4, -0.2) is 23.2 Å². The Hall–Kier alpha value is -1.26. The van der Waals surface area contributed by atoms with Crippen molar-refractivity contribution in [1.82, 2.24) is 5.32 Å². The topological polar surface area (TPSA) is 75.3 Å². The lowest BCUT2D eigenvalue weighted by atomic mass is 10.1. The van der Waals surface area contributed by atoms with E-state index in [1.807, 2.05) is 0 Å². The lowest BCUT2D eigenvalue weighted by Gasteiger charge is -2.19. The molecule has 0 amide bonds. The third kappa shape index (κ3) is 11.6. The van der Waals surface area contributed by atoms with E-state index in [1.54, 1.807) is 12.1 Å². The second-order valence-corrected chi connectivity index (χ2v) is 5.11. The summed E-state index contributed by atoms with van der Waals surface area (Å²) in [4.78, 5) is 10.3. The molecular formula is C14H25ClN2O2. The molecule has 19 heavy (non-hydrogen) atoms. The number of nitrogens with two attached hydrogens (primary N) is 1. The number of benzene rings is 1. The van der Waals surface area contributed by atoms with Gasteiger partial charge in [0.1, 0.15) is 0 Å². The van der Waals surface area contributed by atoms with Crippen molar-refractivity contribution in [3.8, 4) is 0 Å². The molecule has 5 heteroatoms. The molecule has 4 nitrogen and oxygen atoms in total. The van der Waals surface area contributed by atoms with Gasteiger partial charge in [-0.3, -0.25) is 0 Å². The number of hydrogen-bond donors (Lipinski definition) is 3. The van der Waals surface area contributed by atoms with Crippen molar-refractivity contribution < 1.29 is 9.90 Å². The fraction of sp³-hybridized carbons (Fsp3) is 0.500. The maximum Gasteiger partial charge on any atom is 0.335 e. The van der Waals surface area contributed by atoms with Gasteiger partial charge in [0.2, 0.25) is 0 Å². The van der Waals surface area contributed by atoms with E-state index < -0.39 is 5.97 Å². The predicted molar refractivity (Wildman–Crippen MR) is 83.1 cm³/mol. The number of nitrogens with one attached hydrogen (secondary N) is 1. The zero-order valence-electron chi connectivity index (χ0n) is 12.1. The minimum absolute atomic E-state index is 0. The van der Waals surface area contributed by atoms with E-state index in [0.29, 0.717) is 11.2 Å². The van der Waals surface area contributed by atoms with Gasteiger partial charge in [-0.25, -0.2) is 4.79 Å². The van der Waals surface area contributed by atoms with Gasteiger partial charge in [0.05, 0.1) is 5.56 Å². The third-order valence-electron chi connectivity index (χ3n) is 2.04. The molecule has 0 saturated carbocycles. The van der Waals surface area contributed by atoms with Gasteiger partial charge in [-0.15, -0.1) is 12.4 Å². The number of carboxylic acid groups (broad SMARTS) is 1. The van der Waals surface area contributed by atoms with Gasteiger partial charge < -0.3 is 16.2 Å². The average Bonchev–Trinajstić information content (AvgIpc) is 2.26. The van der Waals surface area contributed by atoms with Crippen molar-refractivity contribution in [2.24, 2.45) is 0 Å². The molecule has 0 aromatic heterocycles. The normalized spacial score (nSPS) is 9.89. The Bertz CT molecular complexity index is 376. The van der Waals surface area contributed by atoms with Gasteiger partial charge in [0, 0.05) is 11.2 Å². The number of halogens is 1. The molecule has 110 valence electrons. The lowest BCUT2D eigenvalue weighted by Crippen LogP contribution is -2.36. The molecule has 0 heterocycles. The van der Waals surface area contributed by atoms with Gasteiger partial charge in [-0.1, -0.05) is 13.0 Å². The van der Waals surface area contributed by atoms with Crippen LogP contribution in [0.15, 0.2) is 24.3 Å². The minimum Gasteiger partial charge on any atom is -0.478 e. The van der Waals surface area contributed by atoms with Crippen LogP contribution in [0.1, 0.15) is 44.5 Å². The molecule has 0 aliphatic rings. The van der Waals surface area contributed by atoms with Gasteiger partial charge >= 0.3 is 5.97 Å². The van der Waals surface area contributed by atoms with E-state index >= 15 is 0 Å². The summed E-state index contributed by atoms with van der Waals surface area (Å²) in [6.45, 7) is 9.86. The molecule has 0 radical (unpaired) electrons. The number of carboxylic acids is 1. The summed E-state index contributed by atoms with van der Waals surface area (Å²) in [7, 11) is 0. The Morgan fingerprint density at radius 1 is 1.37 bits per heavy atom. The summed E-state index contributed by atoms with van der Waals surface area (Å²) < 4.78 is 0. The van der Waals surface area contributed by atoms with Gasteiger partial charge in [0.25, 0.3) is 0 Å². The first-order valence-electron chi connectivity index (χ1n) is 6.10. The van der Waals surface area contributed by atoms with E-state index in [0.717, 1.165) is 6.54 Å². The highest BCUT2D eigenvalue weighted by Crippen LogP contribution is 2.05. The van der Waals surface area contributed by atoms with Crippen LogP contribution in [0.4, 0.5) is 5.69 Å². The molecule has 4 N–H and O–H groups in total. The van der Waals surface area contributed by atoms with E-state index in [9.17, 15) is 4.79 Å². The summed E-state index contributed by atoms with van der Waals surface area (Å²) in [6.07, 6.45) is 1.22. The lowest BCUT2D eigenvalue weighted by molar-refractivity contribution is 0.0697. The molecular weight excluding hydrogens is 264 g/mol. The Kier molecular flexibility index (Phi) is 10.2. The predicted octanol–water partition coefficient (Wildman–Crippen LogP) is 3.17. The fourth-order valence-electron chi connectivity index (χ4n) is 1.17. The molecule has 0 spiro atoms. The van der Waals surface area contributed by atoms with Crippen LogP contribution in [0.25, 0.3) is 0 Å². The van der Waals surface area contributed by atoms with Crippen molar-refractivity contribution in [3.63, 3.8) is 0 Å². The number of nitrogen functional groups attached to an aromatic ring is 1. The number of carbonyl (C=O) groups is 1. The highest BCUT2D eigenvalue weighted by molar-refractivity contribution is 5.88. The van der Waals surface area contributed by atoms with Crippen molar-refractivity contribution >= 4 is 24.1 Å². The molecule has 0 saturated heterocycles. The molecule has 1 aromatic carbocycles. The van der Waals surface area contributed by atoms with Crippen molar-refractivity contribution in [2.45, 2.75) is 39.7 Å². The second-order valence-electron chi connectivity index (χ2n) is 5.11. The summed E-state index contributed by atoms with van der Waals surface area (Å²) >= 11 is 0. The van der Waals surface area contributed by atoms with Crippen molar-refractivity contribution in [2.75, 3.05) is 12.3 Å². The van der Waals surface area contributed by atoms with Crippen LogP contribution >= 0.6 is 12.4 Å². The zero-order chi connectivity index (χ0) is 14.2. The van der Waals surface area contributed by atoms with E-state index in [4.69, 9.17) is 10.8 Å². The van der Waals surface area contributed by atoms with Gasteiger partial charge in [-0.05, 0) is 51.9 Å². The smallest absolute Gasteiger partial charge is 0.335 e. The molecule has 1 aromatic rings. The quantitative estimate of drug-likeness (QED) is 0.747. The first-order chi connectivity index (χ1) is 8.26. The van der Waals surface area contributed by atoms with Crippen LogP contribution in [0.5, 0.6) is 0 Å². The molecule has 1 rings (SSSR count). The third-order valence-corrected chi connectivity index (χ3v) is 2.04. The molecule has 0 bridgehead atoms. The molecule has 0 aliphatic carbocycles. The first-order valence-corrected chi connectivity index (χ1v) is 6.10. The van der Waals surface area contributed by atoms with Crippen LogP contribution < -0.4 is 11.1 Å². The van der Waals surface area contributed by atoms with E-state index in [2.05, 4.69) is 33.0 Å². The fourth-order valence-corrected chi connectivity index (χ4v) is 1.17. The first kappa shape index (κ1) is 20.1. The SMILES string of the molecule is CCCNC(C)(C)C.Cl.Nc1cccc(C(=O)O)c1. The monoisotopic (exact) mass is 288 g/mol. The Balaban J connectivity index is 0. The van der Waals surface area contributed by atoms with Gasteiger partial charge in [-0.2, -0.15) is 0 Å². The molecule has 0 unspecified atom stereocenters. The summed E-state index contributed by atoms with van der Waals surface area (Å²) in [6, 6.07) is 6.17. The Morgan fingerprint density at radius 2 is 1.95 bits per heavy atom. The van der Waals surface area contributed by atoms with Crippen LogP contribution in [0.2, 0.25) is 0 Å². The minimum atomic E-state index is -0.952. The number of hydrogen-bond acceptors (Lipinski definition) is 3. The highest BCUT2D eigenvalue weighted by atomic mass is 35.5. The van der Waals surface area contributed by atoms with E-state index in [1.165, 1.54) is 18.6 Å². The van der Waals surface area contributed by atoms with Crippen molar-refractivity contribution in [1.29, 1.82) is 0 Å². The largest absolute Gasteiger partial charge is 0.478 e. The Morgan fingerprint density at radius 3 is 2.21 bits per heavy atom. The molecule has 0 aliphatic heterocycles. The molecule has 0 fully saturated rings. The van der Waals surface area contributed by atoms with Crippen LogP contribution in [-0.2, 0) is 0 Å². The Labute approximate surface area is 121 Å². The standard InChI is InChI=1S/C7H7NO2.C7H17N.ClH/c8-6-3-1-2-5(4-6)7(9)10;1-5-6-8-7(2,3)4;/h1-4H,8H2,(H,9,10);8H,5-6H2,1-4H3;1H. The number of aromatic carboxylic acids is 1. The average molecular weight is 289 g/mol. The van der Waals surface area contributed by atoms with Crippen LogP contribution in [0.3, 0.4) is 0 Å². The maximum atomic E-state index is 10.3. The summed E-state index contributed by atoms with van der Waals surface area (Å²) in [5.41, 5.74) is 6.33. The second kappa shape index (κ2) is 9.64. The highest BCUT2D eigenvalue weighted by Gasteiger charge is 2.05. The van der Waals surface area contributed by atoms with E-state index in [-0.39, 0.29) is 18.0 Å². The number of anilines is 1. The zero-order valence-corrected chi connectivity index (χ0v) is 12.9. The number of rotatable bonds is 3. The van der Waals surface area contributed by atoms with Crippen molar-refractivity contribution in [3.05, 3.63) is 29.8 Å². The maximum absolute atomic E-state index is 10.3. The summed E-state index contributed by atoms with van der Waals surface area (Å²) in [5, 5.41) is 11.8. The van der Waals surface area contributed by atoms with Gasteiger partial charge in [0.15, 0.2) is 0 Å². The summed E-state index contributed by atoms with van der Waals surface area (Å²) in [5.74, 6) is -0.952. The molecule has 0 atom stereocenters. The van der Waals surface area contributed by atoms with Crippen LogP contribution in [0, 0.1) is 0 Å².